The van der Waals surface area contributed by atoms with E-state index < -0.39 is 5.97 Å². The molecule has 1 fully saturated rings. The summed E-state index contributed by atoms with van der Waals surface area (Å²) in [5, 5.41) is 1.02. The topological polar surface area (TPSA) is 65.6 Å². The van der Waals surface area contributed by atoms with Crippen LogP contribution in [0.5, 0.6) is 5.75 Å². The number of anilines is 1. The van der Waals surface area contributed by atoms with Crippen LogP contribution in [-0.2, 0) is 0 Å². The number of carbonyl (C=O) groups excluding carboxylic acids is 2. The fraction of sp³-hybridized carbons (Fsp3) is 0.267. The van der Waals surface area contributed by atoms with Crippen LogP contribution in [0, 0.1) is 13.8 Å². The van der Waals surface area contributed by atoms with Gasteiger partial charge in [0.05, 0.1) is 0 Å². The van der Waals surface area contributed by atoms with E-state index >= 15 is 0 Å². The molecule has 5 rings (SSSR count). The number of piperazine rings is 1. The van der Waals surface area contributed by atoms with Crippen LogP contribution in [0.2, 0.25) is 0 Å². The highest BCUT2D eigenvalue weighted by Crippen LogP contribution is 2.24. The van der Waals surface area contributed by atoms with Crippen molar-refractivity contribution in [3.8, 4) is 5.75 Å². The van der Waals surface area contributed by atoms with E-state index in [-0.39, 0.29) is 5.78 Å². The Bertz CT molecular complexity index is 1370. The summed E-state index contributed by atoms with van der Waals surface area (Å²) in [6.07, 6.45) is 0.470. The van der Waals surface area contributed by atoms with E-state index in [2.05, 4.69) is 45.1 Å². The summed E-state index contributed by atoms with van der Waals surface area (Å²) in [4.78, 5) is 33.4. The lowest BCUT2D eigenvalue weighted by Crippen LogP contribution is -2.46. The second-order valence-electron chi connectivity index (χ2n) is 9.43. The third-order valence-corrected chi connectivity index (χ3v) is 6.95. The second-order valence-corrected chi connectivity index (χ2v) is 9.43. The zero-order valence-corrected chi connectivity index (χ0v) is 20.8. The fourth-order valence-corrected chi connectivity index (χ4v) is 4.78. The zero-order valence-electron chi connectivity index (χ0n) is 20.8. The molecule has 0 bridgehead atoms. The van der Waals surface area contributed by atoms with Crippen LogP contribution in [0.4, 0.5) is 5.69 Å². The average molecular weight is 482 g/mol. The van der Waals surface area contributed by atoms with Gasteiger partial charge in [-0.1, -0.05) is 29.8 Å². The van der Waals surface area contributed by atoms with Gasteiger partial charge in [0.15, 0.2) is 5.78 Å². The van der Waals surface area contributed by atoms with E-state index in [1.807, 2.05) is 32.0 Å². The molecule has 36 heavy (non-hydrogen) atoms. The summed E-state index contributed by atoms with van der Waals surface area (Å²) in [6.45, 7) is 8.52. The van der Waals surface area contributed by atoms with Gasteiger partial charge in [-0.05, 0) is 67.9 Å². The lowest BCUT2D eigenvalue weighted by Gasteiger charge is -2.36. The molecular weight excluding hydrogens is 450 g/mol. The van der Waals surface area contributed by atoms with Crippen LogP contribution in [0.3, 0.4) is 0 Å². The van der Waals surface area contributed by atoms with Crippen molar-refractivity contribution in [3.63, 3.8) is 0 Å². The number of ether oxygens (including phenoxy) is 1. The smallest absolute Gasteiger partial charge is 0.360 e. The van der Waals surface area contributed by atoms with Gasteiger partial charge in [0.1, 0.15) is 11.4 Å². The average Bonchev–Trinajstić information content (AvgIpc) is 3.24. The number of hydrogen-bond acceptors (Lipinski definition) is 5. The monoisotopic (exact) mass is 481 g/mol. The van der Waals surface area contributed by atoms with Crippen LogP contribution in [-0.4, -0.2) is 54.4 Å². The predicted octanol–water partition coefficient (Wildman–Crippen LogP) is 5.40. The number of ketones is 1. The van der Waals surface area contributed by atoms with Crippen molar-refractivity contribution in [3.05, 3.63) is 95.2 Å². The molecular formula is C30H31N3O3. The molecule has 0 amide bonds. The standard InChI is InChI=1S/C30H31N3O3/c1-21-8-13-27-26(20-21)22(2)29(31-27)30(35)36-25-11-9-23(10-12-25)28(34)14-15-32-16-18-33(19-17-32)24-6-4-3-5-7-24/h3-13,20,31H,14-19H2,1-2H3. The van der Waals surface area contributed by atoms with Gasteiger partial charge in [-0.15, -0.1) is 0 Å². The Kier molecular flexibility index (Phi) is 6.87. The number of aromatic amines is 1. The minimum absolute atomic E-state index is 0.0974. The number of rotatable bonds is 7. The van der Waals surface area contributed by atoms with E-state index in [1.54, 1.807) is 24.3 Å². The number of nitrogens with one attached hydrogen (secondary N) is 1. The van der Waals surface area contributed by atoms with Crippen molar-refractivity contribution in [2.24, 2.45) is 0 Å². The molecule has 2 heterocycles. The number of benzene rings is 3. The largest absolute Gasteiger partial charge is 0.422 e. The van der Waals surface area contributed by atoms with E-state index in [0.29, 0.717) is 23.4 Å². The Morgan fingerprint density at radius 2 is 1.61 bits per heavy atom. The Labute approximate surface area is 211 Å². The molecule has 1 aliphatic rings. The van der Waals surface area contributed by atoms with Crippen molar-refractivity contribution in [1.82, 2.24) is 9.88 Å². The lowest BCUT2D eigenvalue weighted by molar-refractivity contribution is 0.0729. The molecule has 0 aliphatic carbocycles. The van der Waals surface area contributed by atoms with Gasteiger partial charge in [-0.2, -0.15) is 0 Å². The SMILES string of the molecule is Cc1ccc2[nH]c(C(=O)Oc3ccc(C(=O)CCN4CCN(c5ccccc5)CC4)cc3)c(C)c2c1. The number of hydrogen-bond donors (Lipinski definition) is 1. The van der Waals surface area contributed by atoms with Crippen molar-refractivity contribution in [2.75, 3.05) is 37.6 Å². The molecule has 1 N–H and O–H groups in total. The van der Waals surface area contributed by atoms with Gasteiger partial charge >= 0.3 is 5.97 Å². The molecule has 4 aromatic rings. The molecule has 1 saturated heterocycles. The molecule has 0 atom stereocenters. The van der Waals surface area contributed by atoms with E-state index in [9.17, 15) is 9.59 Å². The van der Waals surface area contributed by atoms with Crippen LogP contribution in [0.25, 0.3) is 10.9 Å². The third-order valence-electron chi connectivity index (χ3n) is 6.95. The molecule has 0 radical (unpaired) electrons. The first-order valence-corrected chi connectivity index (χ1v) is 12.4. The van der Waals surface area contributed by atoms with E-state index in [1.165, 1.54) is 5.69 Å². The minimum Gasteiger partial charge on any atom is -0.422 e. The zero-order chi connectivity index (χ0) is 25.1. The first-order chi connectivity index (χ1) is 17.5. The molecule has 3 aromatic carbocycles. The number of nitrogens with zero attached hydrogens (tertiary/aromatic N) is 2. The predicted molar refractivity (Wildman–Crippen MR) is 143 cm³/mol. The first-order valence-electron chi connectivity index (χ1n) is 12.4. The van der Waals surface area contributed by atoms with Gasteiger partial charge in [-0.25, -0.2) is 4.79 Å². The molecule has 0 spiro atoms. The molecule has 1 aliphatic heterocycles. The van der Waals surface area contributed by atoms with Gasteiger partial charge in [-0.3, -0.25) is 9.69 Å². The summed E-state index contributed by atoms with van der Waals surface area (Å²) >= 11 is 0. The molecule has 0 unspecified atom stereocenters. The van der Waals surface area contributed by atoms with Gasteiger partial charge in [0, 0.05) is 61.3 Å². The minimum atomic E-state index is -0.435. The second kappa shape index (κ2) is 10.4. The van der Waals surface area contributed by atoms with E-state index in [4.69, 9.17) is 4.74 Å². The van der Waals surface area contributed by atoms with Crippen LogP contribution in [0.1, 0.15) is 38.4 Å². The van der Waals surface area contributed by atoms with Crippen LogP contribution in [0.15, 0.2) is 72.8 Å². The van der Waals surface area contributed by atoms with Crippen molar-refractivity contribution < 1.29 is 14.3 Å². The highest BCUT2D eigenvalue weighted by atomic mass is 16.5. The Morgan fingerprint density at radius 3 is 2.33 bits per heavy atom. The maximum absolute atomic E-state index is 12.8. The van der Waals surface area contributed by atoms with Crippen LogP contribution >= 0.6 is 0 Å². The quantitative estimate of drug-likeness (QED) is 0.218. The first kappa shape index (κ1) is 23.8. The number of carbonyl (C=O) groups is 2. The number of para-hydroxylation sites is 1. The summed E-state index contributed by atoms with van der Waals surface area (Å²) in [5.74, 6) is 0.0816. The normalized spacial score (nSPS) is 14.2. The fourth-order valence-electron chi connectivity index (χ4n) is 4.78. The number of Topliss-reactive ketones (excluding diaryl/α,β-unsaturated/α-hetero) is 1. The van der Waals surface area contributed by atoms with Crippen molar-refractivity contribution in [2.45, 2.75) is 20.3 Å². The molecule has 1 aromatic heterocycles. The maximum atomic E-state index is 12.8. The summed E-state index contributed by atoms with van der Waals surface area (Å²) in [6, 6.07) is 23.3. The van der Waals surface area contributed by atoms with Gasteiger partial charge < -0.3 is 14.6 Å². The maximum Gasteiger partial charge on any atom is 0.360 e. The Morgan fingerprint density at radius 1 is 0.889 bits per heavy atom. The molecule has 6 nitrogen and oxygen atoms in total. The highest BCUT2D eigenvalue weighted by molar-refractivity contribution is 5.99. The molecule has 0 saturated carbocycles. The molecule has 184 valence electrons. The van der Waals surface area contributed by atoms with Crippen LogP contribution < -0.4 is 9.64 Å². The highest BCUT2D eigenvalue weighted by Gasteiger charge is 2.19. The number of aryl methyl sites for hydroxylation is 2. The summed E-state index contributed by atoms with van der Waals surface area (Å²) in [7, 11) is 0. The number of fused-ring (bicyclic) bond motifs is 1. The van der Waals surface area contributed by atoms with E-state index in [0.717, 1.165) is 54.8 Å². The number of esters is 1. The Hall–Kier alpha value is -3.90. The Balaban J connectivity index is 1.13. The summed E-state index contributed by atoms with van der Waals surface area (Å²) in [5.41, 5.74) is 5.25. The summed E-state index contributed by atoms with van der Waals surface area (Å²) < 4.78 is 5.58. The lowest BCUT2D eigenvalue weighted by atomic mass is 10.1. The third kappa shape index (κ3) is 5.19. The van der Waals surface area contributed by atoms with Crippen molar-refractivity contribution in [1.29, 1.82) is 0 Å². The number of aromatic nitrogens is 1. The van der Waals surface area contributed by atoms with Crippen molar-refractivity contribution >= 4 is 28.3 Å². The molecule has 6 heteroatoms. The number of H-pyrrole nitrogens is 1. The van der Waals surface area contributed by atoms with Gasteiger partial charge in [0.2, 0.25) is 0 Å². The van der Waals surface area contributed by atoms with Gasteiger partial charge in [0.25, 0.3) is 0 Å².